The van der Waals surface area contributed by atoms with Crippen LogP contribution in [0.25, 0.3) is 5.69 Å². The van der Waals surface area contributed by atoms with Crippen LogP contribution in [-0.4, -0.2) is 26.9 Å². The molecule has 1 aromatic heterocycles. The average Bonchev–Trinajstić information content (AvgIpc) is 3.47. The smallest absolute Gasteiger partial charge is 0.226 e. The quantitative estimate of drug-likeness (QED) is 0.454. The molecule has 4 nitrogen and oxygen atoms in total. The van der Waals surface area contributed by atoms with Gasteiger partial charge in [-0.15, -0.1) is 0 Å². The fourth-order valence-electron chi connectivity index (χ4n) is 4.54. The van der Waals surface area contributed by atoms with Gasteiger partial charge in [0.15, 0.2) is 0 Å². The molecule has 1 aliphatic carbocycles. The Kier molecular flexibility index (Phi) is 6.26. The van der Waals surface area contributed by atoms with Crippen molar-refractivity contribution in [2.45, 2.75) is 58.9 Å². The molecule has 1 fully saturated rings. The molecule has 1 amide bonds. The van der Waals surface area contributed by atoms with Crippen molar-refractivity contribution >= 4 is 5.91 Å². The summed E-state index contributed by atoms with van der Waals surface area (Å²) in [4.78, 5) is 19.9. The second-order valence-corrected chi connectivity index (χ2v) is 8.89. The highest BCUT2D eigenvalue weighted by Crippen LogP contribution is 2.49. The Bertz CT molecular complexity index is 1040. The Morgan fingerprint density at radius 1 is 1.19 bits per heavy atom. The molecule has 3 unspecified atom stereocenters. The Morgan fingerprint density at radius 3 is 2.61 bits per heavy atom. The number of carbonyl (C=O) groups is 1. The van der Waals surface area contributed by atoms with Crippen molar-refractivity contribution in [1.82, 2.24) is 14.5 Å². The van der Waals surface area contributed by atoms with Gasteiger partial charge in [0.25, 0.3) is 0 Å². The first-order chi connectivity index (χ1) is 15.0. The average molecular weight is 416 g/mol. The summed E-state index contributed by atoms with van der Waals surface area (Å²) in [6, 6.07) is 17.1. The first kappa shape index (κ1) is 21.4. The van der Waals surface area contributed by atoms with Crippen LogP contribution >= 0.6 is 0 Å². The maximum absolute atomic E-state index is 13.5. The summed E-state index contributed by atoms with van der Waals surface area (Å²) in [6.07, 6.45) is 6.98. The molecule has 31 heavy (non-hydrogen) atoms. The number of benzene rings is 2. The van der Waals surface area contributed by atoms with Gasteiger partial charge in [-0.25, -0.2) is 4.98 Å². The third kappa shape index (κ3) is 4.58. The van der Waals surface area contributed by atoms with E-state index in [0.29, 0.717) is 11.8 Å². The van der Waals surface area contributed by atoms with Gasteiger partial charge in [-0.2, -0.15) is 0 Å². The van der Waals surface area contributed by atoms with Gasteiger partial charge >= 0.3 is 0 Å². The Morgan fingerprint density at radius 2 is 1.97 bits per heavy atom. The molecule has 1 aliphatic rings. The van der Waals surface area contributed by atoms with Gasteiger partial charge in [-0.1, -0.05) is 55.8 Å². The normalized spacial score (nSPS) is 18.6. The van der Waals surface area contributed by atoms with Gasteiger partial charge in [0.1, 0.15) is 0 Å². The lowest BCUT2D eigenvalue weighted by Gasteiger charge is -2.30. The first-order valence-corrected chi connectivity index (χ1v) is 11.5. The Hall–Kier alpha value is -2.88. The molecular formula is C27H33N3O. The lowest BCUT2D eigenvalue weighted by atomic mass is 10.0. The van der Waals surface area contributed by atoms with Crippen LogP contribution in [0.15, 0.2) is 61.1 Å². The number of aromatic nitrogens is 2. The van der Waals surface area contributed by atoms with Crippen LogP contribution in [0.1, 0.15) is 67.5 Å². The van der Waals surface area contributed by atoms with E-state index in [0.717, 1.165) is 37.2 Å². The highest BCUT2D eigenvalue weighted by Gasteiger charge is 2.46. The highest BCUT2D eigenvalue weighted by atomic mass is 16.2. The zero-order valence-electron chi connectivity index (χ0n) is 19.1. The van der Waals surface area contributed by atoms with E-state index in [9.17, 15) is 4.79 Å². The van der Waals surface area contributed by atoms with Crippen molar-refractivity contribution in [2.24, 2.45) is 5.92 Å². The van der Waals surface area contributed by atoms with Crippen LogP contribution < -0.4 is 0 Å². The molecule has 0 spiro atoms. The molecule has 0 aliphatic heterocycles. The van der Waals surface area contributed by atoms with Crippen molar-refractivity contribution in [2.75, 3.05) is 6.54 Å². The summed E-state index contributed by atoms with van der Waals surface area (Å²) in [7, 11) is 0. The van der Waals surface area contributed by atoms with Gasteiger partial charge in [0.2, 0.25) is 5.91 Å². The number of imidazole rings is 1. The van der Waals surface area contributed by atoms with Crippen molar-refractivity contribution in [3.05, 3.63) is 83.4 Å². The standard InChI is InChI=1S/C27H33N3O/c1-5-6-14-30(21(4)22-10-8-7-9-11-22)27(31)25-16-24(25)23-12-13-26(19(2)15-23)29-17-20(3)28-18-29/h7-13,15,17-18,21,24-25H,5-6,14,16H2,1-4H3. The van der Waals surface area contributed by atoms with Crippen molar-refractivity contribution in [3.63, 3.8) is 0 Å². The van der Waals surface area contributed by atoms with Crippen LogP contribution in [0.4, 0.5) is 0 Å². The number of hydrogen-bond acceptors (Lipinski definition) is 2. The van der Waals surface area contributed by atoms with Crippen LogP contribution in [-0.2, 0) is 4.79 Å². The van der Waals surface area contributed by atoms with E-state index in [1.165, 1.54) is 16.7 Å². The number of unbranched alkanes of at least 4 members (excludes halogenated alkanes) is 1. The Balaban J connectivity index is 1.50. The van der Waals surface area contributed by atoms with Crippen LogP contribution in [0.5, 0.6) is 0 Å². The molecule has 1 saturated carbocycles. The monoisotopic (exact) mass is 415 g/mol. The minimum Gasteiger partial charge on any atom is -0.336 e. The second-order valence-electron chi connectivity index (χ2n) is 8.89. The molecule has 4 rings (SSSR count). The van der Waals surface area contributed by atoms with Gasteiger partial charge in [0.05, 0.1) is 18.1 Å². The summed E-state index contributed by atoms with van der Waals surface area (Å²) in [5.41, 5.74) is 5.86. The largest absolute Gasteiger partial charge is 0.336 e. The van der Waals surface area contributed by atoms with Crippen molar-refractivity contribution in [3.8, 4) is 5.69 Å². The van der Waals surface area contributed by atoms with E-state index in [1.54, 1.807) is 0 Å². The van der Waals surface area contributed by atoms with E-state index >= 15 is 0 Å². The van der Waals surface area contributed by atoms with E-state index in [-0.39, 0.29) is 12.0 Å². The number of nitrogens with zero attached hydrogens (tertiary/aromatic N) is 3. The predicted octanol–water partition coefficient (Wildman–Crippen LogP) is 5.98. The lowest BCUT2D eigenvalue weighted by molar-refractivity contribution is -0.135. The van der Waals surface area contributed by atoms with Crippen LogP contribution in [0.2, 0.25) is 0 Å². The van der Waals surface area contributed by atoms with Crippen molar-refractivity contribution in [1.29, 1.82) is 0 Å². The molecule has 0 bridgehead atoms. The SMILES string of the molecule is CCCCN(C(=O)C1CC1c1ccc(-n2cnc(C)c2)c(C)c1)C(C)c1ccccc1. The zero-order valence-corrected chi connectivity index (χ0v) is 19.1. The van der Waals surface area contributed by atoms with Crippen LogP contribution in [0.3, 0.4) is 0 Å². The molecule has 0 N–H and O–H groups in total. The third-order valence-corrected chi connectivity index (χ3v) is 6.53. The first-order valence-electron chi connectivity index (χ1n) is 11.5. The number of hydrogen-bond donors (Lipinski definition) is 0. The van der Waals surface area contributed by atoms with Crippen molar-refractivity contribution < 1.29 is 4.79 Å². The maximum atomic E-state index is 13.5. The molecule has 1 heterocycles. The number of carbonyl (C=O) groups excluding carboxylic acids is 1. The van der Waals surface area contributed by atoms with Gasteiger partial charge in [-0.05, 0) is 62.3 Å². The fraction of sp³-hybridized carbons (Fsp3) is 0.407. The van der Waals surface area contributed by atoms with Crippen LogP contribution in [0, 0.1) is 19.8 Å². The maximum Gasteiger partial charge on any atom is 0.226 e. The minimum atomic E-state index is 0.101. The fourth-order valence-corrected chi connectivity index (χ4v) is 4.54. The molecular weight excluding hydrogens is 382 g/mol. The Labute approximate surface area is 185 Å². The molecule has 3 aromatic rings. The van der Waals surface area contributed by atoms with E-state index in [4.69, 9.17) is 0 Å². The minimum absolute atomic E-state index is 0.101. The second kappa shape index (κ2) is 9.09. The van der Waals surface area contributed by atoms with E-state index in [1.807, 2.05) is 25.5 Å². The van der Waals surface area contributed by atoms with E-state index < -0.39 is 0 Å². The number of rotatable bonds is 8. The number of aryl methyl sites for hydroxylation is 2. The summed E-state index contributed by atoms with van der Waals surface area (Å²) >= 11 is 0. The topological polar surface area (TPSA) is 38.1 Å². The summed E-state index contributed by atoms with van der Waals surface area (Å²) in [5.74, 6) is 0.738. The summed E-state index contributed by atoms with van der Waals surface area (Å²) in [5, 5.41) is 0. The van der Waals surface area contributed by atoms with Gasteiger partial charge in [-0.3, -0.25) is 4.79 Å². The molecule has 3 atom stereocenters. The lowest BCUT2D eigenvalue weighted by Crippen LogP contribution is -2.36. The number of amides is 1. The summed E-state index contributed by atoms with van der Waals surface area (Å²) < 4.78 is 2.07. The molecule has 2 aromatic carbocycles. The van der Waals surface area contributed by atoms with Gasteiger partial charge in [0, 0.05) is 24.3 Å². The molecule has 4 heteroatoms. The third-order valence-electron chi connectivity index (χ3n) is 6.53. The van der Waals surface area contributed by atoms with Gasteiger partial charge < -0.3 is 9.47 Å². The zero-order chi connectivity index (χ0) is 22.0. The van der Waals surface area contributed by atoms with E-state index in [2.05, 4.69) is 77.7 Å². The molecule has 162 valence electrons. The summed E-state index contributed by atoms with van der Waals surface area (Å²) in [6.45, 7) is 9.31. The molecule has 0 saturated heterocycles. The highest BCUT2D eigenvalue weighted by molar-refractivity contribution is 5.83. The predicted molar refractivity (Wildman–Crippen MR) is 125 cm³/mol. The molecule has 0 radical (unpaired) electrons.